The maximum Gasteiger partial charge on any atom is 0.227 e. The van der Waals surface area contributed by atoms with Crippen LogP contribution >= 0.6 is 31.9 Å². The highest BCUT2D eigenvalue weighted by atomic mass is 79.9. The average molecular weight is 282 g/mol. The van der Waals surface area contributed by atoms with Gasteiger partial charge in [0, 0.05) is 6.54 Å². The number of rotatable bonds is 2. The average Bonchev–Trinajstić information content (AvgIpc) is 1.85. The first-order valence-electron chi connectivity index (χ1n) is 3.03. The Kier molecular flexibility index (Phi) is 3.19. The number of aromatic nitrogens is 3. The molecule has 0 spiro atoms. The van der Waals surface area contributed by atoms with Crippen LogP contribution in [0.4, 0.5) is 5.95 Å². The summed E-state index contributed by atoms with van der Waals surface area (Å²) in [6, 6.07) is 0. The zero-order chi connectivity index (χ0) is 8.27. The van der Waals surface area contributed by atoms with E-state index in [4.69, 9.17) is 0 Å². The van der Waals surface area contributed by atoms with E-state index in [1.54, 1.807) is 0 Å². The van der Waals surface area contributed by atoms with Gasteiger partial charge in [0.1, 0.15) is 0 Å². The van der Waals surface area contributed by atoms with E-state index in [2.05, 4.69) is 52.1 Å². The second-order valence-electron chi connectivity index (χ2n) is 1.73. The molecule has 0 amide bonds. The molecule has 0 bridgehead atoms. The highest BCUT2D eigenvalue weighted by Gasteiger charge is 1.99. The number of nitrogens with zero attached hydrogens (tertiary/aromatic N) is 3. The fourth-order valence-electron chi connectivity index (χ4n) is 0.563. The molecule has 1 N–H and O–H groups in total. The molecule has 1 aromatic heterocycles. The van der Waals surface area contributed by atoms with Crippen LogP contribution in [0, 0.1) is 0 Å². The van der Waals surface area contributed by atoms with E-state index in [-0.39, 0.29) is 0 Å². The summed E-state index contributed by atoms with van der Waals surface area (Å²) < 4.78 is 1.05. The summed E-state index contributed by atoms with van der Waals surface area (Å²) in [6.07, 6.45) is 0. The SMILES string of the molecule is CCNc1nc(Br)nc(Br)n1. The third-order valence-corrected chi connectivity index (χ3v) is 1.63. The summed E-state index contributed by atoms with van der Waals surface area (Å²) in [5.41, 5.74) is 0. The molecule has 0 unspecified atom stereocenters. The van der Waals surface area contributed by atoms with E-state index < -0.39 is 0 Å². The molecule has 0 fully saturated rings. The van der Waals surface area contributed by atoms with Crippen molar-refractivity contribution in [1.82, 2.24) is 15.0 Å². The Bertz CT molecular complexity index is 232. The molecule has 0 aromatic carbocycles. The first kappa shape index (κ1) is 8.86. The Morgan fingerprint density at radius 1 is 1.18 bits per heavy atom. The number of hydrogen-bond donors (Lipinski definition) is 1. The van der Waals surface area contributed by atoms with Crippen LogP contribution in [-0.4, -0.2) is 21.5 Å². The van der Waals surface area contributed by atoms with Gasteiger partial charge in [0.15, 0.2) is 0 Å². The van der Waals surface area contributed by atoms with Gasteiger partial charge in [0.2, 0.25) is 15.4 Å². The molecule has 0 saturated heterocycles. The van der Waals surface area contributed by atoms with E-state index in [9.17, 15) is 0 Å². The fourth-order valence-corrected chi connectivity index (χ4v) is 1.47. The summed E-state index contributed by atoms with van der Waals surface area (Å²) >= 11 is 6.30. The molecule has 4 nitrogen and oxygen atoms in total. The van der Waals surface area contributed by atoms with E-state index in [0.717, 1.165) is 6.54 Å². The van der Waals surface area contributed by atoms with Crippen molar-refractivity contribution >= 4 is 37.8 Å². The van der Waals surface area contributed by atoms with Crippen molar-refractivity contribution < 1.29 is 0 Å². The van der Waals surface area contributed by atoms with Crippen LogP contribution in [0.5, 0.6) is 0 Å². The van der Waals surface area contributed by atoms with Crippen molar-refractivity contribution in [3.05, 3.63) is 9.47 Å². The summed E-state index contributed by atoms with van der Waals surface area (Å²) in [4.78, 5) is 11.8. The van der Waals surface area contributed by atoms with Crippen LogP contribution in [0.25, 0.3) is 0 Å². The van der Waals surface area contributed by atoms with Crippen LogP contribution in [0.2, 0.25) is 0 Å². The summed E-state index contributed by atoms with van der Waals surface area (Å²) in [7, 11) is 0. The zero-order valence-corrected chi connectivity index (χ0v) is 8.98. The molecule has 0 radical (unpaired) electrons. The first-order valence-corrected chi connectivity index (χ1v) is 4.62. The Morgan fingerprint density at radius 3 is 2.18 bits per heavy atom. The molecule has 1 rings (SSSR count). The lowest BCUT2D eigenvalue weighted by molar-refractivity contribution is 0.960. The van der Waals surface area contributed by atoms with Gasteiger partial charge in [0.05, 0.1) is 0 Å². The number of halogens is 2. The van der Waals surface area contributed by atoms with Crippen LogP contribution in [0.1, 0.15) is 6.92 Å². The Balaban J connectivity index is 2.89. The smallest absolute Gasteiger partial charge is 0.227 e. The molecule has 0 atom stereocenters. The third-order valence-electron chi connectivity index (χ3n) is 0.916. The van der Waals surface area contributed by atoms with Crippen molar-refractivity contribution in [2.75, 3.05) is 11.9 Å². The van der Waals surface area contributed by atoms with Gasteiger partial charge in [0.25, 0.3) is 0 Å². The predicted octanol–water partition coefficient (Wildman–Crippen LogP) is 1.83. The van der Waals surface area contributed by atoms with Gasteiger partial charge in [-0.2, -0.15) is 15.0 Å². The van der Waals surface area contributed by atoms with Crippen LogP contribution in [0.3, 0.4) is 0 Å². The Morgan fingerprint density at radius 2 is 1.73 bits per heavy atom. The monoisotopic (exact) mass is 280 g/mol. The Hall–Kier alpha value is -0.230. The van der Waals surface area contributed by atoms with Crippen LogP contribution < -0.4 is 5.32 Å². The standard InChI is InChI=1S/C5H6Br2N4/c1-2-8-5-10-3(6)9-4(7)11-5/h2H2,1H3,(H,8,9,10,11). The van der Waals surface area contributed by atoms with Crippen molar-refractivity contribution in [3.8, 4) is 0 Å². The molecular weight excluding hydrogens is 276 g/mol. The Labute approximate surface area is 81.1 Å². The van der Waals surface area contributed by atoms with Crippen molar-refractivity contribution in [2.45, 2.75) is 6.92 Å². The topological polar surface area (TPSA) is 50.7 Å². The molecule has 0 aliphatic heterocycles. The minimum atomic E-state index is 0.523. The van der Waals surface area contributed by atoms with E-state index in [0.29, 0.717) is 15.4 Å². The maximum absolute atomic E-state index is 3.98. The molecule has 0 saturated carbocycles. The summed E-state index contributed by atoms with van der Waals surface area (Å²) in [5.74, 6) is 0.571. The molecule has 0 aliphatic rings. The van der Waals surface area contributed by atoms with E-state index in [1.807, 2.05) is 6.92 Å². The molecule has 0 aliphatic carbocycles. The highest BCUT2D eigenvalue weighted by molar-refractivity contribution is 9.11. The van der Waals surface area contributed by atoms with Gasteiger partial charge in [-0.05, 0) is 38.8 Å². The molecule has 6 heteroatoms. The second kappa shape index (κ2) is 3.96. The molecule has 60 valence electrons. The van der Waals surface area contributed by atoms with Gasteiger partial charge in [-0.15, -0.1) is 0 Å². The molecular formula is C5H6Br2N4. The van der Waals surface area contributed by atoms with Gasteiger partial charge in [-0.1, -0.05) is 0 Å². The van der Waals surface area contributed by atoms with Gasteiger partial charge in [-0.3, -0.25) is 0 Å². The van der Waals surface area contributed by atoms with Crippen LogP contribution in [0.15, 0.2) is 9.47 Å². The van der Waals surface area contributed by atoms with Crippen molar-refractivity contribution in [3.63, 3.8) is 0 Å². The largest absolute Gasteiger partial charge is 0.354 e. The quantitative estimate of drug-likeness (QED) is 0.899. The molecule has 1 aromatic rings. The van der Waals surface area contributed by atoms with Gasteiger partial charge >= 0.3 is 0 Å². The number of anilines is 1. The van der Waals surface area contributed by atoms with Crippen molar-refractivity contribution in [2.24, 2.45) is 0 Å². The summed E-state index contributed by atoms with van der Waals surface area (Å²) in [5, 5.41) is 2.97. The molecule has 11 heavy (non-hydrogen) atoms. The normalized spacial score (nSPS) is 9.73. The highest BCUT2D eigenvalue weighted by Crippen LogP contribution is 2.10. The molecule has 1 heterocycles. The van der Waals surface area contributed by atoms with Crippen molar-refractivity contribution in [1.29, 1.82) is 0 Å². The second-order valence-corrected chi connectivity index (χ2v) is 3.15. The van der Waals surface area contributed by atoms with E-state index in [1.165, 1.54) is 0 Å². The predicted molar refractivity (Wildman–Crippen MR) is 49.4 cm³/mol. The lowest BCUT2D eigenvalue weighted by Crippen LogP contribution is -2.03. The maximum atomic E-state index is 3.98. The fraction of sp³-hybridized carbons (Fsp3) is 0.400. The minimum Gasteiger partial charge on any atom is -0.354 e. The van der Waals surface area contributed by atoms with Crippen LogP contribution in [-0.2, 0) is 0 Å². The van der Waals surface area contributed by atoms with Gasteiger partial charge in [-0.25, -0.2) is 0 Å². The third kappa shape index (κ3) is 2.70. The summed E-state index contributed by atoms with van der Waals surface area (Å²) in [6.45, 7) is 2.77. The minimum absolute atomic E-state index is 0.523. The number of hydrogen-bond acceptors (Lipinski definition) is 4. The first-order chi connectivity index (χ1) is 5.22. The zero-order valence-electron chi connectivity index (χ0n) is 5.80. The van der Waals surface area contributed by atoms with E-state index >= 15 is 0 Å². The number of nitrogens with one attached hydrogen (secondary N) is 1. The lowest BCUT2D eigenvalue weighted by Gasteiger charge is -2.00. The lowest BCUT2D eigenvalue weighted by atomic mass is 10.7. The van der Waals surface area contributed by atoms with Gasteiger partial charge < -0.3 is 5.32 Å².